The third-order valence-electron chi connectivity index (χ3n) is 3.21. The largest absolute Gasteiger partial charge is 0.491 e. The topological polar surface area (TPSA) is 73.1 Å². The average molecular weight is 286 g/mol. The Morgan fingerprint density at radius 1 is 1.10 bits per heavy atom. The van der Waals surface area contributed by atoms with Crippen molar-refractivity contribution in [2.45, 2.75) is 39.8 Å². The van der Waals surface area contributed by atoms with Gasteiger partial charge in [0.15, 0.2) is 0 Å². The van der Waals surface area contributed by atoms with Gasteiger partial charge in [0.05, 0.1) is 23.5 Å². The Labute approximate surface area is 125 Å². The van der Waals surface area contributed by atoms with Crippen LogP contribution in [0.25, 0.3) is 0 Å². The maximum absolute atomic E-state index is 5.89. The number of ether oxygens (including phenoxy) is 1. The predicted octanol–water partition coefficient (Wildman–Crippen LogP) is 2.43. The van der Waals surface area contributed by atoms with E-state index in [1.165, 1.54) is 0 Å². The quantitative estimate of drug-likeness (QED) is 0.652. The molecule has 0 spiro atoms. The molecule has 0 saturated heterocycles. The summed E-state index contributed by atoms with van der Waals surface area (Å²) in [6, 6.07) is 9.71. The molecule has 0 bridgehead atoms. The van der Waals surface area contributed by atoms with E-state index in [2.05, 4.69) is 15.6 Å². The fraction of sp³-hybridized carbons (Fsp3) is 0.375. The average Bonchev–Trinajstić information content (AvgIpc) is 2.44. The molecule has 2 rings (SSSR count). The van der Waals surface area contributed by atoms with E-state index in [9.17, 15) is 0 Å². The van der Waals surface area contributed by atoms with Gasteiger partial charge in [-0.15, -0.1) is 0 Å². The molecule has 1 aromatic heterocycles. The number of aryl methyl sites for hydroxylation is 2. The molecule has 1 heterocycles. The molecule has 0 aliphatic carbocycles. The molecule has 21 heavy (non-hydrogen) atoms. The second-order valence-corrected chi connectivity index (χ2v) is 5.33. The van der Waals surface area contributed by atoms with Gasteiger partial charge in [-0.05, 0) is 45.4 Å². The van der Waals surface area contributed by atoms with Crippen molar-refractivity contribution in [2.24, 2.45) is 5.84 Å². The molecule has 3 N–H and O–H groups in total. The van der Waals surface area contributed by atoms with E-state index in [4.69, 9.17) is 10.6 Å². The number of hydrogen-bond donors (Lipinski definition) is 2. The Balaban J connectivity index is 2.49. The van der Waals surface area contributed by atoms with Crippen molar-refractivity contribution >= 4 is 0 Å². The summed E-state index contributed by atoms with van der Waals surface area (Å²) in [6.07, 6.45) is 0.1000. The fourth-order valence-electron chi connectivity index (χ4n) is 2.29. The maximum Gasteiger partial charge on any atom is 0.124 e. The third kappa shape index (κ3) is 3.56. The van der Waals surface area contributed by atoms with Crippen LogP contribution >= 0.6 is 0 Å². The number of benzene rings is 1. The first-order valence-electron chi connectivity index (χ1n) is 7.05. The van der Waals surface area contributed by atoms with Gasteiger partial charge in [-0.1, -0.05) is 18.2 Å². The van der Waals surface area contributed by atoms with Gasteiger partial charge >= 0.3 is 0 Å². The lowest BCUT2D eigenvalue weighted by Gasteiger charge is -2.22. The van der Waals surface area contributed by atoms with Crippen LogP contribution in [0.3, 0.4) is 0 Å². The highest BCUT2D eigenvalue weighted by Gasteiger charge is 2.20. The van der Waals surface area contributed by atoms with Crippen molar-refractivity contribution in [1.29, 1.82) is 0 Å². The van der Waals surface area contributed by atoms with E-state index < -0.39 is 0 Å². The van der Waals surface area contributed by atoms with Crippen LogP contribution in [0.4, 0.5) is 0 Å². The van der Waals surface area contributed by atoms with Gasteiger partial charge in [-0.3, -0.25) is 5.84 Å². The number of aromatic nitrogens is 2. The number of hydrazine groups is 1. The first-order chi connectivity index (χ1) is 10.0. The van der Waals surface area contributed by atoms with Gasteiger partial charge in [-0.25, -0.2) is 5.43 Å². The van der Waals surface area contributed by atoms with Crippen LogP contribution in [0.5, 0.6) is 5.75 Å². The van der Waals surface area contributed by atoms with Gasteiger partial charge in [0.2, 0.25) is 0 Å². The Hall–Kier alpha value is -1.98. The molecule has 5 heteroatoms. The smallest absolute Gasteiger partial charge is 0.124 e. The van der Waals surface area contributed by atoms with Gasteiger partial charge in [-0.2, -0.15) is 10.2 Å². The van der Waals surface area contributed by atoms with E-state index in [1.54, 1.807) is 0 Å². The molecule has 112 valence electrons. The number of nitrogens with zero attached hydrogens (tertiary/aromatic N) is 2. The second-order valence-electron chi connectivity index (χ2n) is 5.33. The molecule has 1 atom stereocenters. The lowest BCUT2D eigenvalue weighted by Crippen LogP contribution is -2.30. The molecule has 1 unspecified atom stereocenters. The van der Waals surface area contributed by atoms with Crippen LogP contribution in [0, 0.1) is 13.8 Å². The number of nitrogens with two attached hydrogens (primary N) is 1. The Kier molecular flexibility index (Phi) is 4.88. The van der Waals surface area contributed by atoms with Crippen molar-refractivity contribution in [2.75, 3.05) is 0 Å². The van der Waals surface area contributed by atoms with E-state index in [1.807, 2.05) is 58.0 Å². The highest BCUT2D eigenvalue weighted by Crippen LogP contribution is 2.31. The normalized spacial score (nSPS) is 12.5. The van der Waals surface area contributed by atoms with Gasteiger partial charge in [0.25, 0.3) is 0 Å². The van der Waals surface area contributed by atoms with Crippen LogP contribution in [-0.2, 0) is 0 Å². The molecule has 1 aromatic carbocycles. The van der Waals surface area contributed by atoms with Crippen molar-refractivity contribution in [3.63, 3.8) is 0 Å². The van der Waals surface area contributed by atoms with E-state index in [-0.39, 0.29) is 12.1 Å². The minimum atomic E-state index is -0.186. The summed E-state index contributed by atoms with van der Waals surface area (Å²) < 4.78 is 5.89. The number of nitrogens with one attached hydrogen (secondary N) is 1. The van der Waals surface area contributed by atoms with Gasteiger partial charge < -0.3 is 4.74 Å². The van der Waals surface area contributed by atoms with Crippen LogP contribution < -0.4 is 16.0 Å². The SMILES string of the molecule is Cc1cc(C(NN)c2ccccc2OC(C)C)c(C)nn1. The molecule has 0 saturated carbocycles. The maximum atomic E-state index is 5.89. The zero-order valence-corrected chi connectivity index (χ0v) is 12.9. The Morgan fingerprint density at radius 3 is 2.48 bits per heavy atom. The zero-order valence-electron chi connectivity index (χ0n) is 12.9. The van der Waals surface area contributed by atoms with Crippen molar-refractivity contribution in [3.05, 3.63) is 52.8 Å². The summed E-state index contributed by atoms with van der Waals surface area (Å²) >= 11 is 0. The first-order valence-corrected chi connectivity index (χ1v) is 7.05. The summed E-state index contributed by atoms with van der Waals surface area (Å²) in [5.74, 6) is 6.63. The van der Waals surface area contributed by atoms with Crippen LogP contribution in [0.15, 0.2) is 30.3 Å². The minimum Gasteiger partial charge on any atom is -0.491 e. The zero-order chi connectivity index (χ0) is 15.4. The van der Waals surface area contributed by atoms with E-state index in [0.717, 1.165) is 28.3 Å². The predicted molar refractivity (Wildman–Crippen MR) is 82.9 cm³/mol. The molecule has 2 aromatic rings. The minimum absolute atomic E-state index is 0.1000. The monoisotopic (exact) mass is 286 g/mol. The number of hydrogen-bond acceptors (Lipinski definition) is 5. The van der Waals surface area contributed by atoms with Crippen LogP contribution in [0.2, 0.25) is 0 Å². The van der Waals surface area contributed by atoms with E-state index >= 15 is 0 Å². The highest BCUT2D eigenvalue weighted by molar-refractivity contribution is 5.42. The second kappa shape index (κ2) is 6.65. The summed E-state index contributed by atoms with van der Waals surface area (Å²) in [4.78, 5) is 0. The van der Waals surface area contributed by atoms with Crippen molar-refractivity contribution in [3.8, 4) is 5.75 Å². The molecular formula is C16H22N4O. The molecular weight excluding hydrogens is 264 g/mol. The summed E-state index contributed by atoms with van der Waals surface area (Å²) in [5.41, 5.74) is 6.57. The molecule has 0 aliphatic rings. The van der Waals surface area contributed by atoms with Crippen molar-refractivity contribution < 1.29 is 4.74 Å². The lowest BCUT2D eigenvalue weighted by atomic mass is 9.97. The molecule has 0 radical (unpaired) electrons. The van der Waals surface area contributed by atoms with Crippen molar-refractivity contribution in [1.82, 2.24) is 15.6 Å². The van der Waals surface area contributed by atoms with E-state index in [0.29, 0.717) is 0 Å². The van der Waals surface area contributed by atoms with Crippen LogP contribution in [0.1, 0.15) is 42.4 Å². The lowest BCUT2D eigenvalue weighted by molar-refractivity contribution is 0.238. The summed E-state index contributed by atoms with van der Waals surface area (Å²) in [7, 11) is 0. The highest BCUT2D eigenvalue weighted by atomic mass is 16.5. The molecule has 0 fully saturated rings. The summed E-state index contributed by atoms with van der Waals surface area (Å²) in [6.45, 7) is 7.86. The first kappa shape index (κ1) is 15.4. The Bertz CT molecular complexity index is 613. The summed E-state index contributed by atoms with van der Waals surface area (Å²) in [5, 5.41) is 8.25. The van der Waals surface area contributed by atoms with Gasteiger partial charge in [0.1, 0.15) is 5.75 Å². The number of rotatable bonds is 5. The standard InChI is InChI=1S/C16H22N4O/c1-10(2)21-15-8-6-5-7-13(15)16(18-17)14-9-11(3)19-20-12(14)4/h5-10,16,18H,17H2,1-4H3. The molecule has 0 aliphatic heterocycles. The Morgan fingerprint density at radius 2 is 1.81 bits per heavy atom. The molecule has 0 amide bonds. The molecule has 5 nitrogen and oxygen atoms in total. The fourth-order valence-corrected chi connectivity index (χ4v) is 2.29. The van der Waals surface area contributed by atoms with Crippen LogP contribution in [-0.4, -0.2) is 16.3 Å². The third-order valence-corrected chi connectivity index (χ3v) is 3.21. The number of para-hydroxylation sites is 1. The van der Waals surface area contributed by atoms with Gasteiger partial charge in [0, 0.05) is 5.56 Å².